The summed E-state index contributed by atoms with van der Waals surface area (Å²) in [4.78, 5) is 44.6. The zero-order chi connectivity index (χ0) is 22.2. The van der Waals surface area contributed by atoms with Gasteiger partial charge in [0.1, 0.15) is 18.1 Å². The van der Waals surface area contributed by atoms with Crippen molar-refractivity contribution >= 4 is 17.7 Å². The van der Waals surface area contributed by atoms with Crippen LogP contribution in [0.2, 0.25) is 0 Å². The maximum atomic E-state index is 14.3. The van der Waals surface area contributed by atoms with E-state index in [0.717, 1.165) is 18.6 Å². The Balaban J connectivity index is 1.43. The van der Waals surface area contributed by atoms with E-state index in [-0.39, 0.29) is 37.7 Å². The Morgan fingerprint density at radius 2 is 2.10 bits per heavy atom. The second-order valence-corrected chi connectivity index (χ2v) is 7.39. The van der Waals surface area contributed by atoms with Crippen molar-refractivity contribution in [3.05, 3.63) is 59.2 Å². The van der Waals surface area contributed by atoms with Crippen LogP contribution in [0.3, 0.4) is 0 Å². The van der Waals surface area contributed by atoms with Gasteiger partial charge >= 0.3 is 5.92 Å². The summed E-state index contributed by atoms with van der Waals surface area (Å²) in [5.41, 5.74) is 1.03. The summed E-state index contributed by atoms with van der Waals surface area (Å²) in [5, 5.41) is 14.5. The van der Waals surface area contributed by atoms with Crippen molar-refractivity contribution in [2.24, 2.45) is 0 Å². The summed E-state index contributed by atoms with van der Waals surface area (Å²) in [5.74, 6) is -4.82. The van der Waals surface area contributed by atoms with Gasteiger partial charge in [0.15, 0.2) is 6.23 Å². The number of amides is 3. The van der Waals surface area contributed by atoms with Gasteiger partial charge in [0, 0.05) is 31.3 Å². The zero-order valence-electron chi connectivity index (χ0n) is 16.2. The molecule has 0 spiro atoms. The summed E-state index contributed by atoms with van der Waals surface area (Å²) < 4.78 is 28.7. The van der Waals surface area contributed by atoms with Gasteiger partial charge in [-0.25, -0.2) is 9.97 Å². The van der Waals surface area contributed by atoms with Gasteiger partial charge in [-0.05, 0) is 29.7 Å². The number of imide groups is 1. The maximum Gasteiger partial charge on any atom is 0.328 e. The fourth-order valence-corrected chi connectivity index (χ4v) is 3.71. The topological polar surface area (TPSA) is 125 Å². The van der Waals surface area contributed by atoms with Gasteiger partial charge in [-0.1, -0.05) is 12.1 Å². The number of carbonyl (C=O) groups is 3. The second-order valence-electron chi connectivity index (χ2n) is 7.39. The molecule has 1 fully saturated rings. The molecule has 11 heteroatoms. The van der Waals surface area contributed by atoms with Gasteiger partial charge in [-0.2, -0.15) is 8.78 Å². The van der Waals surface area contributed by atoms with Crippen molar-refractivity contribution in [2.45, 2.75) is 44.1 Å². The number of aliphatic hydroxyl groups is 1. The SMILES string of the molecule is O=C1CCC(N2Cc3cc(CNC(O)C(F)(F)c4ccncn4)ccc3C2=O)C(=O)N1. The third kappa shape index (κ3) is 4.01. The summed E-state index contributed by atoms with van der Waals surface area (Å²) in [7, 11) is 0. The number of alkyl halides is 2. The second kappa shape index (κ2) is 8.08. The highest BCUT2D eigenvalue weighted by Crippen LogP contribution is 2.30. The zero-order valence-corrected chi connectivity index (χ0v) is 16.2. The molecule has 0 bridgehead atoms. The smallest absolute Gasteiger partial charge is 0.328 e. The molecule has 2 aliphatic heterocycles. The lowest BCUT2D eigenvalue weighted by Crippen LogP contribution is -2.52. The van der Waals surface area contributed by atoms with E-state index in [2.05, 4.69) is 20.6 Å². The monoisotopic (exact) mass is 431 g/mol. The van der Waals surface area contributed by atoms with Crippen LogP contribution in [0.15, 0.2) is 36.8 Å². The van der Waals surface area contributed by atoms with E-state index >= 15 is 0 Å². The van der Waals surface area contributed by atoms with Crippen LogP contribution in [0.4, 0.5) is 8.78 Å². The normalized spacial score (nSPS) is 19.9. The Kier molecular flexibility index (Phi) is 5.46. The van der Waals surface area contributed by atoms with Crippen LogP contribution in [-0.2, 0) is 28.6 Å². The highest BCUT2D eigenvalue weighted by molar-refractivity contribution is 6.05. The first-order valence-corrected chi connectivity index (χ1v) is 9.59. The van der Waals surface area contributed by atoms with Crippen LogP contribution in [0, 0.1) is 0 Å². The maximum absolute atomic E-state index is 14.3. The molecule has 2 aliphatic rings. The first-order chi connectivity index (χ1) is 14.8. The van der Waals surface area contributed by atoms with Crippen LogP contribution in [0.5, 0.6) is 0 Å². The molecule has 1 aromatic carbocycles. The molecular weight excluding hydrogens is 412 g/mol. The van der Waals surface area contributed by atoms with Crippen molar-refractivity contribution in [3.8, 4) is 0 Å². The number of fused-ring (bicyclic) bond motifs is 1. The van der Waals surface area contributed by atoms with Crippen LogP contribution in [-0.4, -0.2) is 50.0 Å². The first kappa shape index (κ1) is 20.9. The molecule has 1 saturated heterocycles. The highest BCUT2D eigenvalue weighted by atomic mass is 19.3. The third-order valence-corrected chi connectivity index (χ3v) is 5.35. The molecule has 2 atom stereocenters. The van der Waals surface area contributed by atoms with Crippen LogP contribution in [0.25, 0.3) is 0 Å². The fraction of sp³-hybridized carbons (Fsp3) is 0.350. The van der Waals surface area contributed by atoms with E-state index in [1.54, 1.807) is 18.2 Å². The number of hydrogen-bond donors (Lipinski definition) is 3. The molecule has 9 nitrogen and oxygen atoms in total. The molecule has 3 N–H and O–H groups in total. The van der Waals surface area contributed by atoms with Gasteiger partial charge in [0.2, 0.25) is 11.8 Å². The van der Waals surface area contributed by atoms with Crippen molar-refractivity contribution < 1.29 is 28.3 Å². The number of nitrogens with zero attached hydrogens (tertiary/aromatic N) is 3. The van der Waals surface area contributed by atoms with Gasteiger partial charge in [0.05, 0.1) is 0 Å². The van der Waals surface area contributed by atoms with E-state index in [1.807, 2.05) is 0 Å². The number of carbonyl (C=O) groups excluding carboxylic acids is 3. The van der Waals surface area contributed by atoms with Crippen molar-refractivity contribution in [1.29, 1.82) is 0 Å². The molecule has 0 radical (unpaired) electrons. The average Bonchev–Trinajstić information content (AvgIpc) is 3.08. The fourth-order valence-electron chi connectivity index (χ4n) is 3.71. The lowest BCUT2D eigenvalue weighted by atomic mass is 10.0. The highest BCUT2D eigenvalue weighted by Gasteiger charge is 2.42. The van der Waals surface area contributed by atoms with E-state index < -0.39 is 29.8 Å². The number of benzene rings is 1. The summed E-state index contributed by atoms with van der Waals surface area (Å²) in [6, 6.07) is 5.12. The minimum atomic E-state index is -3.63. The quantitative estimate of drug-likeness (QED) is 0.448. The predicted octanol–water partition coefficient (Wildman–Crippen LogP) is 0.438. The molecule has 31 heavy (non-hydrogen) atoms. The number of hydrogen-bond acceptors (Lipinski definition) is 7. The summed E-state index contributed by atoms with van der Waals surface area (Å²) in [6.07, 6.45) is 0.362. The van der Waals surface area contributed by atoms with E-state index in [1.165, 1.54) is 4.90 Å². The van der Waals surface area contributed by atoms with Crippen LogP contribution >= 0.6 is 0 Å². The lowest BCUT2D eigenvalue weighted by molar-refractivity contribution is -0.136. The van der Waals surface area contributed by atoms with Crippen molar-refractivity contribution in [3.63, 3.8) is 0 Å². The number of rotatable bonds is 6. The Morgan fingerprint density at radius 1 is 1.29 bits per heavy atom. The third-order valence-electron chi connectivity index (χ3n) is 5.35. The molecule has 3 amide bonds. The van der Waals surface area contributed by atoms with E-state index in [0.29, 0.717) is 16.7 Å². The molecule has 2 aromatic rings. The number of aromatic nitrogens is 2. The Bertz CT molecular complexity index is 1030. The molecule has 2 unspecified atom stereocenters. The standard InChI is InChI=1S/C20H19F2N5O4/c21-20(22,15-5-6-23-10-25-15)19(31)24-8-11-1-2-13-12(7-11)9-27(18(13)30)14-3-4-16(28)26-17(14)29/h1-2,5-7,10,14,19,24,31H,3-4,8-9H2,(H,26,28,29). The van der Waals surface area contributed by atoms with Gasteiger partial charge in [-0.15, -0.1) is 0 Å². The molecule has 1 aromatic heterocycles. The number of piperidine rings is 1. The number of nitrogens with one attached hydrogen (secondary N) is 2. The first-order valence-electron chi connectivity index (χ1n) is 9.59. The van der Waals surface area contributed by atoms with E-state index in [4.69, 9.17) is 0 Å². The van der Waals surface area contributed by atoms with Crippen molar-refractivity contribution in [2.75, 3.05) is 0 Å². The van der Waals surface area contributed by atoms with Crippen LogP contribution in [0.1, 0.15) is 40.0 Å². The molecule has 0 saturated carbocycles. The number of halogens is 2. The summed E-state index contributed by atoms with van der Waals surface area (Å²) >= 11 is 0. The molecule has 4 rings (SSSR count). The minimum absolute atomic E-state index is 0.0816. The molecular formula is C20H19F2N5O4. The molecule has 0 aliphatic carbocycles. The van der Waals surface area contributed by atoms with Gasteiger partial charge < -0.3 is 10.0 Å². The average molecular weight is 431 g/mol. The van der Waals surface area contributed by atoms with Crippen LogP contribution < -0.4 is 10.6 Å². The Morgan fingerprint density at radius 3 is 2.81 bits per heavy atom. The Hall–Kier alpha value is -3.31. The predicted molar refractivity (Wildman–Crippen MR) is 101 cm³/mol. The summed E-state index contributed by atoms with van der Waals surface area (Å²) in [6.45, 7) is 0.0929. The van der Waals surface area contributed by atoms with Gasteiger partial charge in [0.25, 0.3) is 5.91 Å². The largest absolute Gasteiger partial charge is 0.372 e. The Labute approximate surface area is 175 Å². The molecule has 3 heterocycles. The minimum Gasteiger partial charge on any atom is -0.372 e. The lowest BCUT2D eigenvalue weighted by Gasteiger charge is -2.29. The van der Waals surface area contributed by atoms with Gasteiger partial charge in [-0.3, -0.25) is 25.0 Å². The number of aliphatic hydroxyl groups excluding tert-OH is 1. The van der Waals surface area contributed by atoms with E-state index in [9.17, 15) is 28.3 Å². The molecule has 162 valence electrons. The van der Waals surface area contributed by atoms with Crippen molar-refractivity contribution in [1.82, 2.24) is 25.5 Å².